The number of rotatable bonds is 6. The summed E-state index contributed by atoms with van der Waals surface area (Å²) >= 11 is 6.24. The number of benzene rings is 2. The molecule has 0 fully saturated rings. The highest BCUT2D eigenvalue weighted by atomic mass is 35.5. The number of methoxy groups -OCH3 is 1. The number of hydrogen-bond donors (Lipinski definition) is 2. The summed E-state index contributed by atoms with van der Waals surface area (Å²) in [6.07, 6.45) is -0.285. The van der Waals surface area contributed by atoms with Gasteiger partial charge in [0.1, 0.15) is 0 Å². The van der Waals surface area contributed by atoms with Gasteiger partial charge in [0, 0.05) is 35.2 Å². The molecule has 11 nitrogen and oxygen atoms in total. The lowest BCUT2D eigenvalue weighted by Crippen LogP contribution is -2.41. The van der Waals surface area contributed by atoms with Crippen molar-refractivity contribution in [3.05, 3.63) is 93.3 Å². The van der Waals surface area contributed by atoms with E-state index in [0.717, 1.165) is 22.0 Å². The lowest BCUT2D eigenvalue weighted by molar-refractivity contribution is -0.141. The Balaban J connectivity index is 1.47. The molecule has 5 rings (SSSR count). The highest BCUT2D eigenvalue weighted by Gasteiger charge is 2.35. The van der Waals surface area contributed by atoms with Gasteiger partial charge in [-0.2, -0.15) is 13.2 Å². The number of carbonyl (C=O) groups excluding carboxylic acids is 2. The van der Waals surface area contributed by atoms with Gasteiger partial charge in [0.2, 0.25) is 5.91 Å². The number of alkyl halides is 3. The molecular weight excluding hydrogens is 639 g/mol. The molecule has 0 unspecified atom stereocenters. The molecule has 4 aromatic rings. The fourth-order valence-electron chi connectivity index (χ4n) is 5.63. The molecule has 3 atom stereocenters. The third-order valence-corrected chi connectivity index (χ3v) is 8.35. The summed E-state index contributed by atoms with van der Waals surface area (Å²) in [5.74, 6) is -0.366. The lowest BCUT2D eigenvalue weighted by Gasteiger charge is -2.25. The van der Waals surface area contributed by atoms with E-state index in [1.54, 1.807) is 0 Å². The van der Waals surface area contributed by atoms with E-state index in [1.807, 2.05) is 31.2 Å². The Morgan fingerprint density at radius 1 is 1.15 bits per heavy atom. The molecule has 1 aliphatic rings. The number of aromatic nitrogens is 5. The van der Waals surface area contributed by atoms with E-state index in [4.69, 9.17) is 11.6 Å². The van der Waals surface area contributed by atoms with Crippen LogP contribution in [0.4, 0.5) is 18.0 Å². The van der Waals surface area contributed by atoms with Crippen molar-refractivity contribution in [1.82, 2.24) is 35.2 Å². The van der Waals surface area contributed by atoms with Gasteiger partial charge in [-0.05, 0) is 55.0 Å². The monoisotopic (exact) mass is 671 g/mol. The molecule has 2 amide bonds. The van der Waals surface area contributed by atoms with Gasteiger partial charge in [-0.25, -0.2) is 14.5 Å². The van der Waals surface area contributed by atoms with Crippen LogP contribution < -0.4 is 16.2 Å². The number of alkyl carbamates (subject to hydrolysis) is 1. The van der Waals surface area contributed by atoms with E-state index < -0.39 is 24.0 Å². The summed E-state index contributed by atoms with van der Waals surface area (Å²) < 4.78 is 46.8. The predicted octanol–water partition coefficient (Wildman–Crippen LogP) is 5.35. The summed E-state index contributed by atoms with van der Waals surface area (Å²) in [7, 11) is 1.29. The molecule has 248 valence electrons. The smallest absolute Gasteiger partial charge is 0.436 e. The van der Waals surface area contributed by atoms with E-state index in [2.05, 4.69) is 30.7 Å². The first-order chi connectivity index (χ1) is 22.4. The van der Waals surface area contributed by atoms with Crippen molar-refractivity contribution in [2.45, 2.75) is 57.3 Å². The van der Waals surface area contributed by atoms with Gasteiger partial charge in [-0.1, -0.05) is 54.4 Å². The van der Waals surface area contributed by atoms with Gasteiger partial charge in [0.05, 0.1) is 37.1 Å². The number of amides is 2. The third-order valence-electron chi connectivity index (χ3n) is 8.11. The molecule has 0 spiro atoms. The fraction of sp³-hybridized carbons (Fsp3) is 0.375. The minimum absolute atomic E-state index is 0.0865. The van der Waals surface area contributed by atoms with Crippen LogP contribution in [0.3, 0.4) is 0 Å². The molecule has 15 heteroatoms. The Hall–Kier alpha value is -4.72. The number of carbonyl (C=O) groups is 2. The minimum Gasteiger partial charge on any atom is -0.453 e. The van der Waals surface area contributed by atoms with Crippen LogP contribution >= 0.6 is 11.6 Å². The molecule has 3 heterocycles. The molecule has 2 aromatic carbocycles. The first-order valence-electron chi connectivity index (χ1n) is 15.0. The molecule has 2 aromatic heterocycles. The predicted molar refractivity (Wildman–Crippen MR) is 167 cm³/mol. The molecule has 47 heavy (non-hydrogen) atoms. The summed E-state index contributed by atoms with van der Waals surface area (Å²) in [4.78, 5) is 42.8. The molecule has 2 N–H and O–H groups in total. The maximum atomic E-state index is 13.7. The summed E-state index contributed by atoms with van der Waals surface area (Å²) in [6.45, 7) is 2.17. The topological polar surface area (TPSA) is 133 Å². The Kier molecular flexibility index (Phi) is 10.3. The van der Waals surface area contributed by atoms with E-state index in [0.29, 0.717) is 49.2 Å². The van der Waals surface area contributed by atoms with E-state index in [1.165, 1.54) is 42.3 Å². The number of hydrogen-bond acceptors (Lipinski definition) is 7. The molecule has 1 aliphatic heterocycles. The van der Waals surface area contributed by atoms with Crippen LogP contribution in [0, 0.1) is 5.92 Å². The van der Waals surface area contributed by atoms with Crippen LogP contribution in [0.2, 0.25) is 5.02 Å². The molecule has 0 saturated heterocycles. The van der Waals surface area contributed by atoms with Crippen LogP contribution in [0.25, 0.3) is 16.9 Å². The van der Waals surface area contributed by atoms with Gasteiger partial charge in [0.25, 0.3) is 5.56 Å². The Labute approximate surface area is 273 Å². The zero-order valence-electron chi connectivity index (χ0n) is 25.6. The molecule has 0 radical (unpaired) electrons. The van der Waals surface area contributed by atoms with Gasteiger partial charge in [-0.3, -0.25) is 14.2 Å². The average Bonchev–Trinajstić information content (AvgIpc) is 3.54. The Morgan fingerprint density at radius 2 is 1.96 bits per heavy atom. The van der Waals surface area contributed by atoms with Crippen molar-refractivity contribution in [2.24, 2.45) is 5.92 Å². The largest absolute Gasteiger partial charge is 0.453 e. The van der Waals surface area contributed by atoms with Crippen LogP contribution in [0.5, 0.6) is 0 Å². The first-order valence-corrected chi connectivity index (χ1v) is 15.4. The SMILES string of the molecule is COC(=O)NCC[C@H]1Cc2cccc(c2)[C@@H](n2cnc(-c3cc(Cl)ccc3-n3cc(C(F)(F)F)nn3)cc2=O)CCC[C@@H](C)C(=O)N1. The Bertz CT molecular complexity index is 1810. The van der Waals surface area contributed by atoms with E-state index >= 15 is 0 Å². The second-order valence-electron chi connectivity index (χ2n) is 11.4. The molecule has 2 bridgehead atoms. The standard InChI is InChI=1S/C32H33ClF3N7O4/c1-19-5-3-8-26(21-7-4-6-20(13-21)14-23(39-30(19)45)11-12-37-31(46)47-2)42-18-38-25(16-29(42)44)24-15-22(33)9-10-27(24)43-17-28(40-41-43)32(34,35)36/h4,6-7,9-10,13,15-19,23,26H,3,5,8,11-12,14H2,1-2H3,(H,37,46)(H,39,45)/t19-,23+,26+/m1/s1. The second-order valence-corrected chi connectivity index (χ2v) is 11.9. The van der Waals surface area contributed by atoms with Gasteiger partial charge >= 0.3 is 12.3 Å². The fourth-order valence-corrected chi connectivity index (χ4v) is 5.80. The van der Waals surface area contributed by atoms with Gasteiger partial charge in [0.15, 0.2) is 5.69 Å². The Morgan fingerprint density at radius 3 is 2.68 bits per heavy atom. The normalized spacial score (nSPS) is 18.9. The zero-order valence-corrected chi connectivity index (χ0v) is 26.4. The van der Waals surface area contributed by atoms with Crippen molar-refractivity contribution < 1.29 is 27.5 Å². The lowest BCUT2D eigenvalue weighted by atomic mass is 9.92. The average molecular weight is 672 g/mol. The number of ether oxygens (including phenoxy) is 1. The maximum absolute atomic E-state index is 13.7. The molecule has 0 aliphatic carbocycles. The van der Waals surface area contributed by atoms with Gasteiger partial charge in [-0.15, -0.1) is 5.10 Å². The first kappa shape index (κ1) is 33.6. The zero-order chi connectivity index (χ0) is 33.7. The number of fused-ring (bicyclic) bond motifs is 2. The summed E-state index contributed by atoms with van der Waals surface area (Å²) in [5.41, 5.74) is 0.992. The van der Waals surface area contributed by atoms with Crippen LogP contribution in [0.15, 0.2) is 65.8 Å². The minimum atomic E-state index is -4.68. The quantitative estimate of drug-likeness (QED) is 0.283. The highest BCUT2D eigenvalue weighted by Crippen LogP contribution is 2.32. The van der Waals surface area contributed by atoms with Crippen LogP contribution in [0.1, 0.15) is 55.5 Å². The van der Waals surface area contributed by atoms with Crippen LogP contribution in [-0.4, -0.2) is 56.2 Å². The number of nitrogens with one attached hydrogen (secondary N) is 2. The molecular formula is C32H33ClF3N7O4. The van der Waals surface area contributed by atoms with Crippen molar-refractivity contribution >= 4 is 23.6 Å². The maximum Gasteiger partial charge on any atom is 0.436 e. The summed E-state index contributed by atoms with van der Waals surface area (Å²) in [6, 6.07) is 12.9. The number of nitrogens with zero attached hydrogens (tertiary/aromatic N) is 5. The van der Waals surface area contributed by atoms with Crippen LogP contribution in [-0.2, 0) is 22.1 Å². The number of halogens is 4. The summed E-state index contributed by atoms with van der Waals surface area (Å²) in [5, 5.41) is 12.9. The second kappa shape index (κ2) is 14.4. The highest BCUT2D eigenvalue weighted by molar-refractivity contribution is 6.31. The van der Waals surface area contributed by atoms with Crippen molar-refractivity contribution in [1.29, 1.82) is 0 Å². The van der Waals surface area contributed by atoms with Crippen molar-refractivity contribution in [3.8, 4) is 16.9 Å². The molecule has 0 saturated carbocycles. The van der Waals surface area contributed by atoms with Crippen molar-refractivity contribution in [2.75, 3.05) is 13.7 Å². The third kappa shape index (κ3) is 8.17. The van der Waals surface area contributed by atoms with Crippen molar-refractivity contribution in [3.63, 3.8) is 0 Å². The van der Waals surface area contributed by atoms with E-state index in [9.17, 15) is 27.6 Å². The van der Waals surface area contributed by atoms with Gasteiger partial charge < -0.3 is 15.4 Å². The van der Waals surface area contributed by atoms with E-state index in [-0.39, 0.29) is 34.8 Å².